The van der Waals surface area contributed by atoms with Gasteiger partial charge >= 0.3 is 0 Å². The molecule has 0 spiro atoms. The van der Waals surface area contributed by atoms with Crippen LogP contribution in [0.1, 0.15) is 50.5 Å². The van der Waals surface area contributed by atoms with E-state index in [1.165, 1.54) is 23.5 Å². The SMILES string of the molecule is CCCN(Cc1cccn1Cc1nc(C(=O)NCc2ccc(F)cc2)cs1)C(=O)c1ccccc1Cl. The molecule has 0 saturated heterocycles. The van der Waals surface area contributed by atoms with E-state index in [1.807, 2.05) is 35.9 Å². The lowest BCUT2D eigenvalue weighted by Crippen LogP contribution is -2.32. The van der Waals surface area contributed by atoms with Crippen molar-refractivity contribution in [2.45, 2.75) is 33.0 Å². The molecule has 0 aliphatic heterocycles. The van der Waals surface area contributed by atoms with E-state index in [-0.39, 0.29) is 17.6 Å². The zero-order chi connectivity index (χ0) is 25.5. The van der Waals surface area contributed by atoms with Crippen molar-refractivity contribution in [1.29, 1.82) is 0 Å². The number of hydrogen-bond acceptors (Lipinski definition) is 4. The Bertz CT molecular complexity index is 1340. The maximum atomic E-state index is 13.2. The first-order chi connectivity index (χ1) is 17.4. The molecule has 0 bridgehead atoms. The Balaban J connectivity index is 1.41. The first-order valence-electron chi connectivity index (χ1n) is 11.6. The van der Waals surface area contributed by atoms with Crippen LogP contribution in [0.15, 0.2) is 72.2 Å². The van der Waals surface area contributed by atoms with Crippen molar-refractivity contribution < 1.29 is 14.0 Å². The van der Waals surface area contributed by atoms with Gasteiger partial charge in [-0.15, -0.1) is 11.3 Å². The molecule has 0 atom stereocenters. The summed E-state index contributed by atoms with van der Waals surface area (Å²) in [4.78, 5) is 32.0. The lowest BCUT2D eigenvalue weighted by atomic mass is 10.2. The molecule has 2 aromatic heterocycles. The van der Waals surface area contributed by atoms with Crippen LogP contribution in [-0.2, 0) is 19.6 Å². The van der Waals surface area contributed by atoms with E-state index in [0.717, 1.165) is 22.7 Å². The first kappa shape index (κ1) is 25.6. The molecule has 0 saturated carbocycles. The van der Waals surface area contributed by atoms with Crippen LogP contribution in [0.25, 0.3) is 0 Å². The molecule has 2 heterocycles. The van der Waals surface area contributed by atoms with E-state index in [4.69, 9.17) is 11.6 Å². The third-order valence-electron chi connectivity index (χ3n) is 5.62. The molecule has 2 aromatic carbocycles. The number of aromatic nitrogens is 2. The molecule has 36 heavy (non-hydrogen) atoms. The highest BCUT2D eigenvalue weighted by molar-refractivity contribution is 7.09. The first-order valence-corrected chi connectivity index (χ1v) is 12.8. The van der Waals surface area contributed by atoms with Gasteiger partial charge in [0.1, 0.15) is 16.5 Å². The van der Waals surface area contributed by atoms with Crippen LogP contribution in [-0.4, -0.2) is 32.8 Å². The van der Waals surface area contributed by atoms with Crippen molar-refractivity contribution in [1.82, 2.24) is 19.8 Å². The fraction of sp³-hybridized carbons (Fsp3) is 0.222. The number of amides is 2. The van der Waals surface area contributed by atoms with Gasteiger partial charge in [-0.25, -0.2) is 9.37 Å². The molecule has 4 rings (SSSR count). The summed E-state index contributed by atoms with van der Waals surface area (Å²) in [7, 11) is 0. The van der Waals surface area contributed by atoms with E-state index < -0.39 is 0 Å². The van der Waals surface area contributed by atoms with Crippen molar-refractivity contribution in [3.8, 4) is 0 Å². The number of hydrogen-bond donors (Lipinski definition) is 1. The highest BCUT2D eigenvalue weighted by atomic mass is 35.5. The topological polar surface area (TPSA) is 67.2 Å². The summed E-state index contributed by atoms with van der Waals surface area (Å²) in [5, 5.41) is 5.75. The van der Waals surface area contributed by atoms with Crippen LogP contribution in [0.3, 0.4) is 0 Å². The van der Waals surface area contributed by atoms with E-state index in [0.29, 0.717) is 42.5 Å². The van der Waals surface area contributed by atoms with Gasteiger partial charge in [-0.2, -0.15) is 0 Å². The van der Waals surface area contributed by atoms with Gasteiger partial charge in [0.25, 0.3) is 11.8 Å². The molecule has 4 aromatic rings. The number of nitrogens with one attached hydrogen (secondary N) is 1. The molecule has 0 radical (unpaired) electrons. The summed E-state index contributed by atoms with van der Waals surface area (Å²) in [6.45, 7) is 3.84. The van der Waals surface area contributed by atoms with Crippen LogP contribution in [0, 0.1) is 5.82 Å². The Morgan fingerprint density at radius 2 is 1.89 bits per heavy atom. The molecule has 2 amide bonds. The van der Waals surface area contributed by atoms with Gasteiger partial charge < -0.3 is 14.8 Å². The van der Waals surface area contributed by atoms with Crippen LogP contribution in [0.2, 0.25) is 5.02 Å². The van der Waals surface area contributed by atoms with Crippen molar-refractivity contribution in [2.75, 3.05) is 6.54 Å². The standard InChI is InChI=1S/C27H26ClFN4O2S/c1-2-13-33(27(35)22-7-3-4-8-23(22)28)16-21-6-5-14-32(21)17-25-31-24(18-36-25)26(34)30-15-19-9-11-20(29)12-10-19/h3-12,14,18H,2,13,15-17H2,1H3,(H,30,34). The molecular weight excluding hydrogens is 499 g/mol. The van der Waals surface area contributed by atoms with Crippen LogP contribution >= 0.6 is 22.9 Å². The van der Waals surface area contributed by atoms with Gasteiger partial charge in [0.2, 0.25) is 0 Å². The summed E-state index contributed by atoms with van der Waals surface area (Å²) in [5.41, 5.74) is 2.59. The molecule has 1 N–H and O–H groups in total. The van der Waals surface area contributed by atoms with Gasteiger partial charge in [-0.05, 0) is 48.4 Å². The van der Waals surface area contributed by atoms with Gasteiger partial charge in [-0.1, -0.05) is 42.8 Å². The summed E-state index contributed by atoms with van der Waals surface area (Å²) < 4.78 is 15.1. The van der Waals surface area contributed by atoms with Crippen LogP contribution < -0.4 is 5.32 Å². The van der Waals surface area contributed by atoms with E-state index >= 15 is 0 Å². The fourth-order valence-corrected chi connectivity index (χ4v) is 4.77. The Labute approximate surface area is 218 Å². The molecule has 6 nitrogen and oxygen atoms in total. The number of benzene rings is 2. The number of halogens is 2. The van der Waals surface area contributed by atoms with Gasteiger partial charge in [0, 0.05) is 30.4 Å². The van der Waals surface area contributed by atoms with Crippen molar-refractivity contribution >= 4 is 34.8 Å². The predicted molar refractivity (Wildman–Crippen MR) is 140 cm³/mol. The average Bonchev–Trinajstić information content (AvgIpc) is 3.53. The largest absolute Gasteiger partial charge is 0.347 e. The minimum Gasteiger partial charge on any atom is -0.347 e. The average molecular weight is 525 g/mol. The second kappa shape index (κ2) is 12.0. The van der Waals surface area contributed by atoms with Gasteiger partial charge in [-0.3, -0.25) is 9.59 Å². The van der Waals surface area contributed by atoms with E-state index in [9.17, 15) is 14.0 Å². The highest BCUT2D eigenvalue weighted by Crippen LogP contribution is 2.20. The van der Waals surface area contributed by atoms with Crippen molar-refractivity contribution in [3.05, 3.63) is 111 Å². The maximum absolute atomic E-state index is 13.2. The van der Waals surface area contributed by atoms with E-state index in [1.54, 1.807) is 40.6 Å². The molecule has 9 heteroatoms. The Morgan fingerprint density at radius 1 is 1.11 bits per heavy atom. The third-order valence-corrected chi connectivity index (χ3v) is 6.78. The van der Waals surface area contributed by atoms with Crippen molar-refractivity contribution in [2.24, 2.45) is 0 Å². The molecule has 0 unspecified atom stereocenters. The Kier molecular flexibility index (Phi) is 8.51. The minimum absolute atomic E-state index is 0.107. The quantitative estimate of drug-likeness (QED) is 0.286. The number of nitrogens with zero attached hydrogens (tertiary/aromatic N) is 3. The normalized spacial score (nSPS) is 10.9. The third kappa shape index (κ3) is 6.38. The molecule has 0 aliphatic carbocycles. The van der Waals surface area contributed by atoms with Gasteiger partial charge in [0.05, 0.1) is 23.7 Å². The smallest absolute Gasteiger partial charge is 0.271 e. The van der Waals surface area contributed by atoms with Crippen LogP contribution in [0.4, 0.5) is 4.39 Å². The van der Waals surface area contributed by atoms with Gasteiger partial charge in [0.15, 0.2) is 0 Å². The van der Waals surface area contributed by atoms with E-state index in [2.05, 4.69) is 10.3 Å². The zero-order valence-electron chi connectivity index (χ0n) is 19.8. The maximum Gasteiger partial charge on any atom is 0.271 e. The Hall–Kier alpha value is -3.49. The molecule has 186 valence electrons. The molecule has 0 fully saturated rings. The highest BCUT2D eigenvalue weighted by Gasteiger charge is 2.19. The number of carbonyl (C=O) groups is 2. The lowest BCUT2D eigenvalue weighted by molar-refractivity contribution is 0.0739. The van der Waals surface area contributed by atoms with Crippen molar-refractivity contribution in [3.63, 3.8) is 0 Å². The number of thiazole rings is 1. The minimum atomic E-state index is -0.315. The predicted octanol–water partition coefficient (Wildman–Crippen LogP) is 5.77. The monoisotopic (exact) mass is 524 g/mol. The second-order valence-electron chi connectivity index (χ2n) is 8.27. The lowest BCUT2D eigenvalue weighted by Gasteiger charge is -2.23. The summed E-state index contributed by atoms with van der Waals surface area (Å²) in [6, 6.07) is 17.0. The summed E-state index contributed by atoms with van der Waals surface area (Å²) >= 11 is 7.67. The summed E-state index contributed by atoms with van der Waals surface area (Å²) in [5.74, 6) is -0.705. The number of carbonyl (C=O) groups excluding carboxylic acids is 2. The van der Waals surface area contributed by atoms with Crippen LogP contribution in [0.5, 0.6) is 0 Å². The fourth-order valence-electron chi connectivity index (χ4n) is 3.78. The molecule has 0 aliphatic rings. The Morgan fingerprint density at radius 3 is 2.64 bits per heavy atom. The molecular formula is C27H26ClFN4O2S. The number of rotatable bonds is 10. The second-order valence-corrected chi connectivity index (χ2v) is 9.62. The summed E-state index contributed by atoms with van der Waals surface area (Å²) in [6.07, 6.45) is 2.76. The zero-order valence-corrected chi connectivity index (χ0v) is 21.4.